The molecule has 1 aromatic carbocycles. The number of halogens is 2. The molecule has 0 saturated carbocycles. The molecule has 1 amide bonds. The van der Waals surface area contributed by atoms with Crippen LogP contribution < -0.4 is 11.1 Å². The molecule has 1 heterocycles. The number of rotatable bonds is 4. The fourth-order valence-electron chi connectivity index (χ4n) is 2.82. The smallest absolute Gasteiger partial charge is 0.217 e. The highest BCUT2D eigenvalue weighted by molar-refractivity contribution is 14.0. The Morgan fingerprint density at radius 1 is 1.43 bits per heavy atom. The van der Waals surface area contributed by atoms with E-state index in [2.05, 4.69) is 15.2 Å². The number of nitrogens with zero attached hydrogens (tertiary/aromatic N) is 2. The second kappa shape index (κ2) is 9.97. The SMILES string of the molecule is CN=C(NCc1ccc(Cl)cc1)N1CCCC(CC(N)=O)C1.I. The third-order valence-electron chi connectivity index (χ3n) is 3.88. The van der Waals surface area contributed by atoms with Gasteiger partial charge in [0.05, 0.1) is 0 Å². The number of amides is 1. The van der Waals surface area contributed by atoms with Crippen LogP contribution in [0.3, 0.4) is 0 Å². The lowest BCUT2D eigenvalue weighted by Gasteiger charge is -2.34. The van der Waals surface area contributed by atoms with E-state index in [1.165, 1.54) is 0 Å². The van der Waals surface area contributed by atoms with Crippen molar-refractivity contribution >= 4 is 47.4 Å². The van der Waals surface area contributed by atoms with Crippen molar-refractivity contribution in [2.24, 2.45) is 16.6 Å². The average molecular weight is 451 g/mol. The molecule has 1 atom stereocenters. The third-order valence-corrected chi connectivity index (χ3v) is 4.14. The van der Waals surface area contributed by atoms with Crippen molar-refractivity contribution in [3.05, 3.63) is 34.9 Å². The predicted molar refractivity (Wildman–Crippen MR) is 105 cm³/mol. The molecule has 128 valence electrons. The molecule has 0 aliphatic carbocycles. The van der Waals surface area contributed by atoms with E-state index in [0.29, 0.717) is 18.9 Å². The Hall–Kier alpha value is -1.02. The molecule has 0 radical (unpaired) electrons. The second-order valence-electron chi connectivity index (χ2n) is 5.65. The largest absolute Gasteiger partial charge is 0.370 e. The molecule has 1 aliphatic heterocycles. The van der Waals surface area contributed by atoms with Gasteiger partial charge < -0.3 is 16.0 Å². The van der Waals surface area contributed by atoms with Crippen molar-refractivity contribution < 1.29 is 4.79 Å². The summed E-state index contributed by atoms with van der Waals surface area (Å²) in [5.41, 5.74) is 6.46. The second-order valence-corrected chi connectivity index (χ2v) is 6.09. The zero-order valence-electron chi connectivity index (χ0n) is 13.3. The number of nitrogens with one attached hydrogen (secondary N) is 1. The number of primary amides is 1. The summed E-state index contributed by atoms with van der Waals surface area (Å²) < 4.78 is 0. The zero-order valence-corrected chi connectivity index (χ0v) is 16.4. The van der Waals surface area contributed by atoms with Crippen LogP contribution in [0.5, 0.6) is 0 Å². The van der Waals surface area contributed by atoms with Gasteiger partial charge in [-0.1, -0.05) is 23.7 Å². The number of piperidine rings is 1. The lowest BCUT2D eigenvalue weighted by Crippen LogP contribution is -2.46. The van der Waals surface area contributed by atoms with Crippen molar-refractivity contribution in [3.63, 3.8) is 0 Å². The van der Waals surface area contributed by atoms with E-state index in [4.69, 9.17) is 17.3 Å². The summed E-state index contributed by atoms with van der Waals surface area (Å²) in [6, 6.07) is 7.75. The van der Waals surface area contributed by atoms with Gasteiger partial charge in [0.25, 0.3) is 0 Å². The van der Waals surface area contributed by atoms with E-state index in [0.717, 1.165) is 42.5 Å². The van der Waals surface area contributed by atoms with Gasteiger partial charge in [0, 0.05) is 38.1 Å². The van der Waals surface area contributed by atoms with Crippen LogP contribution in [0.4, 0.5) is 0 Å². The fourth-order valence-corrected chi connectivity index (χ4v) is 2.95. The summed E-state index contributed by atoms with van der Waals surface area (Å²) in [6.45, 7) is 2.47. The minimum Gasteiger partial charge on any atom is -0.370 e. The van der Waals surface area contributed by atoms with E-state index >= 15 is 0 Å². The van der Waals surface area contributed by atoms with Crippen molar-refractivity contribution in [3.8, 4) is 0 Å². The minimum atomic E-state index is -0.226. The standard InChI is InChI=1S/C16H23ClN4O.HI/c1-19-16(20-10-12-4-6-14(17)7-5-12)21-8-2-3-13(11-21)9-15(18)22;/h4-7,13H,2-3,8-11H2,1H3,(H2,18,22)(H,19,20);1H. The number of carbonyl (C=O) groups is 1. The summed E-state index contributed by atoms with van der Waals surface area (Å²) in [6.07, 6.45) is 2.55. The molecule has 5 nitrogen and oxygen atoms in total. The van der Waals surface area contributed by atoms with Gasteiger partial charge in [0.2, 0.25) is 5.91 Å². The van der Waals surface area contributed by atoms with E-state index in [9.17, 15) is 4.79 Å². The summed E-state index contributed by atoms with van der Waals surface area (Å²) in [5.74, 6) is 0.959. The Morgan fingerprint density at radius 3 is 2.74 bits per heavy atom. The van der Waals surface area contributed by atoms with Gasteiger partial charge in [-0.25, -0.2) is 0 Å². The Balaban J connectivity index is 0.00000264. The van der Waals surface area contributed by atoms with Crippen LogP contribution in [0.1, 0.15) is 24.8 Å². The molecule has 2 rings (SSSR count). The topological polar surface area (TPSA) is 70.7 Å². The maximum absolute atomic E-state index is 11.1. The highest BCUT2D eigenvalue weighted by atomic mass is 127. The number of guanidine groups is 1. The maximum Gasteiger partial charge on any atom is 0.217 e. The Morgan fingerprint density at radius 2 is 2.13 bits per heavy atom. The van der Waals surface area contributed by atoms with Crippen LogP contribution >= 0.6 is 35.6 Å². The van der Waals surface area contributed by atoms with Crippen LogP contribution in [-0.2, 0) is 11.3 Å². The molecule has 1 aliphatic rings. The average Bonchev–Trinajstić information content (AvgIpc) is 2.49. The van der Waals surface area contributed by atoms with Gasteiger partial charge in [-0.05, 0) is 36.5 Å². The zero-order chi connectivity index (χ0) is 15.9. The van der Waals surface area contributed by atoms with Crippen molar-refractivity contribution in [2.75, 3.05) is 20.1 Å². The highest BCUT2D eigenvalue weighted by Gasteiger charge is 2.23. The summed E-state index contributed by atoms with van der Waals surface area (Å²) in [4.78, 5) is 17.6. The number of aliphatic imine (C=N–C) groups is 1. The quantitative estimate of drug-likeness (QED) is 0.421. The Kier molecular flexibility index (Phi) is 8.68. The first-order chi connectivity index (χ1) is 10.6. The van der Waals surface area contributed by atoms with E-state index in [-0.39, 0.29) is 29.9 Å². The van der Waals surface area contributed by atoms with Gasteiger partial charge in [0.15, 0.2) is 5.96 Å². The van der Waals surface area contributed by atoms with E-state index in [1.807, 2.05) is 24.3 Å². The molecule has 7 heteroatoms. The monoisotopic (exact) mass is 450 g/mol. The first-order valence-electron chi connectivity index (χ1n) is 7.57. The third kappa shape index (κ3) is 6.55. The minimum absolute atomic E-state index is 0. The first-order valence-corrected chi connectivity index (χ1v) is 7.94. The molecule has 0 spiro atoms. The van der Waals surface area contributed by atoms with Crippen LogP contribution in [0.15, 0.2) is 29.3 Å². The van der Waals surface area contributed by atoms with Gasteiger partial charge in [-0.2, -0.15) is 0 Å². The lowest BCUT2D eigenvalue weighted by molar-refractivity contribution is -0.119. The number of benzene rings is 1. The molecule has 1 saturated heterocycles. The predicted octanol–water partition coefficient (Wildman–Crippen LogP) is 2.62. The summed E-state index contributed by atoms with van der Waals surface area (Å²) >= 11 is 5.89. The number of carbonyl (C=O) groups excluding carboxylic acids is 1. The first kappa shape index (κ1) is 20.0. The molecule has 1 unspecified atom stereocenters. The van der Waals surface area contributed by atoms with Gasteiger partial charge in [-0.15, -0.1) is 24.0 Å². The van der Waals surface area contributed by atoms with Crippen molar-refractivity contribution in [1.82, 2.24) is 10.2 Å². The van der Waals surface area contributed by atoms with Gasteiger partial charge in [-0.3, -0.25) is 9.79 Å². The van der Waals surface area contributed by atoms with E-state index < -0.39 is 0 Å². The van der Waals surface area contributed by atoms with Crippen LogP contribution in [0.25, 0.3) is 0 Å². The molecule has 1 aromatic rings. The lowest BCUT2D eigenvalue weighted by atomic mass is 9.95. The highest BCUT2D eigenvalue weighted by Crippen LogP contribution is 2.19. The fraction of sp³-hybridized carbons (Fsp3) is 0.500. The number of hydrogen-bond donors (Lipinski definition) is 2. The van der Waals surface area contributed by atoms with Crippen molar-refractivity contribution in [1.29, 1.82) is 0 Å². The van der Waals surface area contributed by atoms with Crippen LogP contribution in [0, 0.1) is 5.92 Å². The van der Waals surface area contributed by atoms with Crippen LogP contribution in [-0.4, -0.2) is 36.9 Å². The van der Waals surface area contributed by atoms with Gasteiger partial charge in [0.1, 0.15) is 0 Å². The van der Waals surface area contributed by atoms with Crippen LogP contribution in [0.2, 0.25) is 5.02 Å². The summed E-state index contributed by atoms with van der Waals surface area (Å²) in [7, 11) is 1.78. The van der Waals surface area contributed by atoms with E-state index in [1.54, 1.807) is 7.05 Å². The number of likely N-dealkylation sites (tertiary alicyclic amines) is 1. The normalized spacial score (nSPS) is 18.3. The number of nitrogens with two attached hydrogens (primary N) is 1. The maximum atomic E-state index is 11.1. The summed E-state index contributed by atoms with van der Waals surface area (Å²) in [5, 5.41) is 4.10. The molecular weight excluding hydrogens is 427 g/mol. The molecule has 1 fully saturated rings. The van der Waals surface area contributed by atoms with Gasteiger partial charge >= 0.3 is 0 Å². The number of hydrogen-bond acceptors (Lipinski definition) is 2. The molecule has 3 N–H and O–H groups in total. The molecule has 0 aromatic heterocycles. The molecule has 23 heavy (non-hydrogen) atoms. The Labute approximate surface area is 159 Å². The Bertz CT molecular complexity index is 535. The molecular formula is C16H24ClIN4O. The molecule has 0 bridgehead atoms. The van der Waals surface area contributed by atoms with Crippen molar-refractivity contribution in [2.45, 2.75) is 25.8 Å².